The van der Waals surface area contributed by atoms with Crippen LogP contribution in [0.3, 0.4) is 0 Å². The van der Waals surface area contributed by atoms with Gasteiger partial charge in [-0.1, -0.05) is 32.3 Å². The van der Waals surface area contributed by atoms with Crippen LogP contribution < -0.4 is 0 Å². The Balaban J connectivity index is 2.12. The molecule has 88 valence electrons. The third-order valence-electron chi connectivity index (χ3n) is 3.68. The molecule has 2 aliphatic rings. The molecule has 0 bridgehead atoms. The van der Waals surface area contributed by atoms with E-state index in [9.17, 15) is 0 Å². The average Bonchev–Trinajstić information content (AvgIpc) is 2.52. The predicted octanol–water partition coefficient (Wildman–Crippen LogP) is 3.63. The van der Waals surface area contributed by atoms with Crippen molar-refractivity contribution >= 4 is 12.1 Å². The molecule has 2 rings (SSSR count). The number of hydrogen-bond acceptors (Lipinski definition) is 1. The number of hydrogen-bond donors (Lipinski definition) is 0. The first-order chi connectivity index (χ1) is 7.79. The van der Waals surface area contributed by atoms with Crippen LogP contribution >= 0.6 is 0 Å². The maximum atomic E-state index is 4.51. The highest BCUT2D eigenvalue weighted by molar-refractivity contribution is 5.96. The fourth-order valence-corrected chi connectivity index (χ4v) is 2.75. The number of allylic oxidation sites excluding steroid dienone is 2. The molecule has 2 nitrogen and oxygen atoms in total. The molecule has 0 aromatic carbocycles. The highest BCUT2D eigenvalue weighted by atomic mass is 14.9. The van der Waals surface area contributed by atoms with Crippen LogP contribution in [0.15, 0.2) is 21.6 Å². The minimum atomic E-state index is 0.582. The van der Waals surface area contributed by atoms with E-state index in [0.29, 0.717) is 5.92 Å². The lowest BCUT2D eigenvalue weighted by molar-refractivity contribution is 0.410. The molecule has 1 aliphatic carbocycles. The number of amidine groups is 1. The van der Waals surface area contributed by atoms with Crippen LogP contribution in [0.25, 0.3) is 0 Å². The second-order valence-electron chi connectivity index (χ2n) is 5.08. The second-order valence-corrected chi connectivity index (χ2v) is 5.08. The molecule has 0 amide bonds. The zero-order valence-corrected chi connectivity index (χ0v) is 10.4. The minimum absolute atomic E-state index is 0.582. The van der Waals surface area contributed by atoms with Gasteiger partial charge in [0.15, 0.2) is 0 Å². The SMILES string of the molecule is CN=C1CC(C)C=C(C2CCCCC2)C=N1. The summed E-state index contributed by atoms with van der Waals surface area (Å²) in [6.07, 6.45) is 12.4. The van der Waals surface area contributed by atoms with Crippen molar-refractivity contribution in [3.8, 4) is 0 Å². The molecule has 1 fully saturated rings. The van der Waals surface area contributed by atoms with E-state index in [1.807, 2.05) is 7.05 Å². The third kappa shape index (κ3) is 2.81. The van der Waals surface area contributed by atoms with Crippen LogP contribution in [-0.4, -0.2) is 19.1 Å². The highest BCUT2D eigenvalue weighted by Crippen LogP contribution is 2.30. The summed E-state index contributed by atoms with van der Waals surface area (Å²) < 4.78 is 0. The predicted molar refractivity (Wildman–Crippen MR) is 70.3 cm³/mol. The Bertz CT molecular complexity index is 320. The Labute approximate surface area is 98.6 Å². The molecule has 0 saturated heterocycles. The molecule has 1 saturated carbocycles. The van der Waals surface area contributed by atoms with E-state index in [0.717, 1.165) is 18.2 Å². The van der Waals surface area contributed by atoms with Crippen molar-refractivity contribution in [2.75, 3.05) is 7.05 Å². The zero-order valence-electron chi connectivity index (χ0n) is 10.4. The van der Waals surface area contributed by atoms with Crippen LogP contribution in [0, 0.1) is 11.8 Å². The summed E-state index contributed by atoms with van der Waals surface area (Å²) in [6, 6.07) is 0. The molecule has 16 heavy (non-hydrogen) atoms. The second kappa shape index (κ2) is 5.42. The minimum Gasteiger partial charge on any atom is -0.274 e. The Hall–Kier alpha value is -0.920. The van der Waals surface area contributed by atoms with Crippen LogP contribution in [0.5, 0.6) is 0 Å². The quantitative estimate of drug-likeness (QED) is 0.642. The van der Waals surface area contributed by atoms with Gasteiger partial charge >= 0.3 is 0 Å². The van der Waals surface area contributed by atoms with Gasteiger partial charge in [0.2, 0.25) is 0 Å². The maximum Gasteiger partial charge on any atom is 0.123 e. The Morgan fingerprint density at radius 3 is 2.69 bits per heavy atom. The van der Waals surface area contributed by atoms with E-state index < -0.39 is 0 Å². The number of rotatable bonds is 1. The van der Waals surface area contributed by atoms with Crippen molar-refractivity contribution in [2.24, 2.45) is 21.8 Å². The Morgan fingerprint density at radius 2 is 2.00 bits per heavy atom. The van der Waals surface area contributed by atoms with Gasteiger partial charge in [-0.25, -0.2) is 4.99 Å². The lowest BCUT2D eigenvalue weighted by Crippen LogP contribution is -2.10. The van der Waals surface area contributed by atoms with Gasteiger partial charge in [0, 0.05) is 19.7 Å². The highest BCUT2D eigenvalue weighted by Gasteiger charge is 2.19. The van der Waals surface area contributed by atoms with Gasteiger partial charge < -0.3 is 0 Å². The molecule has 1 unspecified atom stereocenters. The lowest BCUT2D eigenvalue weighted by atomic mass is 9.83. The molecule has 1 aliphatic heterocycles. The van der Waals surface area contributed by atoms with E-state index in [-0.39, 0.29) is 0 Å². The van der Waals surface area contributed by atoms with E-state index in [2.05, 4.69) is 29.2 Å². The largest absolute Gasteiger partial charge is 0.274 e. The summed E-state index contributed by atoms with van der Waals surface area (Å²) in [6.45, 7) is 2.27. The van der Waals surface area contributed by atoms with Crippen LogP contribution in [0.2, 0.25) is 0 Å². The van der Waals surface area contributed by atoms with Gasteiger partial charge in [-0.3, -0.25) is 4.99 Å². The zero-order chi connectivity index (χ0) is 11.4. The molecule has 2 heteroatoms. The Kier molecular flexibility index (Phi) is 3.92. The van der Waals surface area contributed by atoms with E-state index in [4.69, 9.17) is 0 Å². The molecule has 0 aromatic rings. The molecule has 0 radical (unpaired) electrons. The first-order valence-corrected chi connectivity index (χ1v) is 6.51. The normalized spacial score (nSPS) is 30.2. The summed E-state index contributed by atoms with van der Waals surface area (Å²) >= 11 is 0. The Morgan fingerprint density at radius 1 is 1.25 bits per heavy atom. The lowest BCUT2D eigenvalue weighted by Gasteiger charge is -2.22. The smallest absolute Gasteiger partial charge is 0.123 e. The van der Waals surface area contributed by atoms with E-state index in [1.165, 1.54) is 37.7 Å². The average molecular weight is 218 g/mol. The van der Waals surface area contributed by atoms with Crippen molar-refractivity contribution in [2.45, 2.75) is 45.4 Å². The van der Waals surface area contributed by atoms with Gasteiger partial charge in [-0.05, 0) is 30.3 Å². The van der Waals surface area contributed by atoms with Gasteiger partial charge in [0.05, 0.1) is 0 Å². The molecule has 1 atom stereocenters. The van der Waals surface area contributed by atoms with Gasteiger partial charge in [0.25, 0.3) is 0 Å². The van der Waals surface area contributed by atoms with Crippen molar-refractivity contribution in [1.29, 1.82) is 0 Å². The van der Waals surface area contributed by atoms with Crippen molar-refractivity contribution in [3.63, 3.8) is 0 Å². The molecule has 0 N–H and O–H groups in total. The maximum absolute atomic E-state index is 4.51. The van der Waals surface area contributed by atoms with Crippen molar-refractivity contribution < 1.29 is 0 Å². The van der Waals surface area contributed by atoms with Crippen molar-refractivity contribution in [1.82, 2.24) is 0 Å². The third-order valence-corrected chi connectivity index (χ3v) is 3.68. The molecule has 0 aromatic heterocycles. The van der Waals surface area contributed by atoms with Gasteiger partial charge in [0.1, 0.15) is 5.84 Å². The summed E-state index contributed by atoms with van der Waals surface area (Å²) in [7, 11) is 1.84. The summed E-state index contributed by atoms with van der Waals surface area (Å²) in [5.74, 6) is 2.34. The summed E-state index contributed by atoms with van der Waals surface area (Å²) in [5.41, 5.74) is 1.46. The van der Waals surface area contributed by atoms with Crippen LogP contribution in [0.1, 0.15) is 45.4 Å². The van der Waals surface area contributed by atoms with Crippen molar-refractivity contribution in [3.05, 3.63) is 11.6 Å². The molecule has 1 heterocycles. The van der Waals surface area contributed by atoms with Gasteiger partial charge in [-0.15, -0.1) is 0 Å². The fraction of sp³-hybridized carbons (Fsp3) is 0.714. The first-order valence-electron chi connectivity index (χ1n) is 6.51. The van der Waals surface area contributed by atoms with E-state index in [1.54, 1.807) is 0 Å². The fourth-order valence-electron chi connectivity index (χ4n) is 2.75. The van der Waals surface area contributed by atoms with Crippen LogP contribution in [0.4, 0.5) is 0 Å². The summed E-state index contributed by atoms with van der Waals surface area (Å²) in [4.78, 5) is 8.73. The monoisotopic (exact) mass is 218 g/mol. The van der Waals surface area contributed by atoms with E-state index >= 15 is 0 Å². The molecular weight excluding hydrogens is 196 g/mol. The summed E-state index contributed by atoms with van der Waals surface area (Å²) in [5, 5.41) is 0. The standard InChI is InChI=1S/C14H22N2/c1-11-8-13(10-16-14(9-11)15-2)12-6-4-3-5-7-12/h8,10-12H,3-7,9H2,1-2H3. The molecule has 0 spiro atoms. The first kappa shape index (κ1) is 11.6. The topological polar surface area (TPSA) is 24.7 Å². The van der Waals surface area contributed by atoms with Gasteiger partial charge in [-0.2, -0.15) is 0 Å². The number of aliphatic imine (C=N–C) groups is 2. The van der Waals surface area contributed by atoms with Crippen LogP contribution in [-0.2, 0) is 0 Å². The number of nitrogens with zero attached hydrogens (tertiary/aromatic N) is 2. The molecular formula is C14H22N2.